The van der Waals surface area contributed by atoms with Crippen LogP contribution in [-0.4, -0.2) is 35.7 Å². The summed E-state index contributed by atoms with van der Waals surface area (Å²) in [5, 5.41) is 18.5. The summed E-state index contributed by atoms with van der Waals surface area (Å²) in [6.07, 6.45) is 6.94. The molecule has 3 rings (SSSR count). The lowest BCUT2D eigenvalue weighted by molar-refractivity contribution is 0.0428. The molecule has 1 aliphatic rings. The van der Waals surface area contributed by atoms with Crippen molar-refractivity contribution in [2.24, 2.45) is 4.99 Å². The van der Waals surface area contributed by atoms with Gasteiger partial charge in [0, 0.05) is 24.4 Å². The predicted molar refractivity (Wildman–Crippen MR) is 114 cm³/mol. The standard InChI is InChI=1S/C21H32N4O2S/c1-4-22-20(24-14-21(3,26)18-12-11-15(2)27-18)23-13-7-10-19-25-16-8-5-6-9-17(16)28-19/h11-12,26H,4-10,13-14H2,1-3H3,(H2,22,23,24). The molecular formula is C21H32N4O2S. The fourth-order valence-electron chi connectivity index (χ4n) is 3.34. The van der Waals surface area contributed by atoms with Gasteiger partial charge in [0.15, 0.2) is 5.96 Å². The van der Waals surface area contributed by atoms with Crippen molar-refractivity contribution in [3.63, 3.8) is 0 Å². The summed E-state index contributed by atoms with van der Waals surface area (Å²) < 4.78 is 5.56. The van der Waals surface area contributed by atoms with Crippen molar-refractivity contribution in [2.45, 2.75) is 64.9 Å². The van der Waals surface area contributed by atoms with E-state index in [-0.39, 0.29) is 6.54 Å². The van der Waals surface area contributed by atoms with Crippen LogP contribution in [0.25, 0.3) is 0 Å². The van der Waals surface area contributed by atoms with Crippen molar-refractivity contribution in [1.82, 2.24) is 15.6 Å². The zero-order valence-electron chi connectivity index (χ0n) is 17.2. The highest BCUT2D eigenvalue weighted by atomic mass is 32.1. The Balaban J connectivity index is 1.48. The molecule has 0 saturated heterocycles. The topological polar surface area (TPSA) is 82.7 Å². The number of nitrogens with zero attached hydrogens (tertiary/aromatic N) is 2. The number of nitrogens with one attached hydrogen (secondary N) is 2. The number of fused-ring (bicyclic) bond motifs is 1. The Kier molecular flexibility index (Phi) is 7.13. The molecule has 1 aliphatic carbocycles. The van der Waals surface area contributed by atoms with Crippen LogP contribution in [0.15, 0.2) is 21.5 Å². The number of hydrogen-bond acceptors (Lipinski definition) is 5. The monoisotopic (exact) mass is 404 g/mol. The van der Waals surface area contributed by atoms with E-state index in [0.717, 1.165) is 38.1 Å². The summed E-state index contributed by atoms with van der Waals surface area (Å²) >= 11 is 1.89. The van der Waals surface area contributed by atoms with E-state index in [0.29, 0.717) is 11.7 Å². The maximum atomic E-state index is 10.7. The summed E-state index contributed by atoms with van der Waals surface area (Å²) in [7, 11) is 0. The molecule has 0 fully saturated rings. The Morgan fingerprint density at radius 3 is 2.86 bits per heavy atom. The second-order valence-electron chi connectivity index (χ2n) is 7.59. The van der Waals surface area contributed by atoms with Gasteiger partial charge in [-0.05, 0) is 65.0 Å². The largest absolute Gasteiger partial charge is 0.463 e. The molecule has 1 atom stereocenters. The molecule has 2 aromatic heterocycles. The lowest BCUT2D eigenvalue weighted by Crippen LogP contribution is -2.39. The quantitative estimate of drug-likeness (QED) is 0.357. The number of hydrogen-bond donors (Lipinski definition) is 3. The number of aliphatic imine (C=N–C) groups is 1. The van der Waals surface area contributed by atoms with Crippen LogP contribution in [-0.2, 0) is 24.9 Å². The van der Waals surface area contributed by atoms with Crippen LogP contribution < -0.4 is 10.6 Å². The molecule has 7 heteroatoms. The summed E-state index contributed by atoms with van der Waals surface area (Å²) in [4.78, 5) is 10.8. The lowest BCUT2D eigenvalue weighted by Gasteiger charge is -2.19. The number of thiazole rings is 1. The number of furan rings is 1. The van der Waals surface area contributed by atoms with Crippen LogP contribution in [0.2, 0.25) is 0 Å². The summed E-state index contributed by atoms with van der Waals surface area (Å²) in [5.74, 6) is 2.04. The Labute approximate surface area is 171 Å². The third-order valence-electron chi connectivity index (χ3n) is 4.91. The zero-order valence-corrected chi connectivity index (χ0v) is 18.0. The highest BCUT2D eigenvalue weighted by Crippen LogP contribution is 2.27. The molecule has 0 radical (unpaired) electrons. The third kappa shape index (κ3) is 5.58. The van der Waals surface area contributed by atoms with Crippen molar-refractivity contribution >= 4 is 17.3 Å². The van der Waals surface area contributed by atoms with E-state index in [1.165, 1.54) is 34.8 Å². The fourth-order valence-corrected chi connectivity index (χ4v) is 4.53. The van der Waals surface area contributed by atoms with Crippen LogP contribution in [0.1, 0.15) is 60.2 Å². The molecule has 3 N–H and O–H groups in total. The smallest absolute Gasteiger partial charge is 0.191 e. The Morgan fingerprint density at radius 2 is 2.14 bits per heavy atom. The van der Waals surface area contributed by atoms with Gasteiger partial charge in [0.1, 0.15) is 17.1 Å². The predicted octanol–water partition coefficient (Wildman–Crippen LogP) is 3.32. The second-order valence-corrected chi connectivity index (χ2v) is 8.76. The van der Waals surface area contributed by atoms with Gasteiger partial charge in [-0.2, -0.15) is 0 Å². The zero-order chi connectivity index (χ0) is 20.0. The molecule has 154 valence electrons. The molecule has 0 amide bonds. The first kappa shape index (κ1) is 20.9. The van der Waals surface area contributed by atoms with Gasteiger partial charge in [-0.1, -0.05) is 0 Å². The summed E-state index contributed by atoms with van der Waals surface area (Å²) in [6.45, 7) is 7.45. The first-order valence-electron chi connectivity index (χ1n) is 10.3. The number of aryl methyl sites for hydroxylation is 4. The van der Waals surface area contributed by atoms with E-state index in [2.05, 4.69) is 15.6 Å². The van der Waals surface area contributed by atoms with Gasteiger partial charge in [0.05, 0.1) is 17.2 Å². The molecule has 0 bridgehead atoms. The van der Waals surface area contributed by atoms with Crippen molar-refractivity contribution < 1.29 is 9.52 Å². The summed E-state index contributed by atoms with van der Waals surface area (Å²) in [6, 6.07) is 3.66. The van der Waals surface area contributed by atoms with Gasteiger partial charge in [-0.15, -0.1) is 11.3 Å². The molecule has 1 unspecified atom stereocenters. The Bertz CT molecular complexity index is 771. The Morgan fingerprint density at radius 1 is 1.32 bits per heavy atom. The van der Waals surface area contributed by atoms with Gasteiger partial charge >= 0.3 is 0 Å². The minimum Gasteiger partial charge on any atom is -0.463 e. The molecule has 0 spiro atoms. The van der Waals surface area contributed by atoms with E-state index >= 15 is 0 Å². The van der Waals surface area contributed by atoms with Crippen LogP contribution in [0.3, 0.4) is 0 Å². The number of aromatic nitrogens is 1. The fraction of sp³-hybridized carbons (Fsp3) is 0.619. The lowest BCUT2D eigenvalue weighted by atomic mass is 10.0. The van der Waals surface area contributed by atoms with Crippen LogP contribution in [0.4, 0.5) is 0 Å². The average Bonchev–Trinajstić information content (AvgIpc) is 3.29. The highest BCUT2D eigenvalue weighted by molar-refractivity contribution is 7.11. The number of guanidine groups is 1. The maximum absolute atomic E-state index is 10.7. The molecule has 28 heavy (non-hydrogen) atoms. The minimum absolute atomic E-state index is 0.231. The average molecular weight is 405 g/mol. The van der Waals surface area contributed by atoms with E-state index < -0.39 is 5.60 Å². The first-order chi connectivity index (χ1) is 13.5. The van der Waals surface area contributed by atoms with Crippen LogP contribution >= 0.6 is 11.3 Å². The maximum Gasteiger partial charge on any atom is 0.191 e. The highest BCUT2D eigenvalue weighted by Gasteiger charge is 2.26. The molecule has 2 aromatic rings. The molecule has 2 heterocycles. The van der Waals surface area contributed by atoms with Crippen molar-refractivity contribution in [3.05, 3.63) is 39.2 Å². The first-order valence-corrected chi connectivity index (χ1v) is 11.1. The normalized spacial score (nSPS) is 16.5. The third-order valence-corrected chi connectivity index (χ3v) is 6.13. The van der Waals surface area contributed by atoms with Crippen LogP contribution in [0.5, 0.6) is 0 Å². The van der Waals surface area contributed by atoms with E-state index in [1.807, 2.05) is 31.3 Å². The van der Waals surface area contributed by atoms with Crippen molar-refractivity contribution in [3.8, 4) is 0 Å². The molecule has 0 aliphatic heterocycles. The van der Waals surface area contributed by atoms with Gasteiger partial charge in [-0.3, -0.25) is 0 Å². The molecule has 0 saturated carbocycles. The summed E-state index contributed by atoms with van der Waals surface area (Å²) in [5.41, 5.74) is 0.209. The van der Waals surface area contributed by atoms with Gasteiger partial charge in [-0.25, -0.2) is 9.98 Å². The molecular weight excluding hydrogens is 372 g/mol. The second kappa shape index (κ2) is 9.56. The molecule has 0 aromatic carbocycles. The number of rotatable bonds is 8. The van der Waals surface area contributed by atoms with Gasteiger partial charge in [0.25, 0.3) is 0 Å². The van der Waals surface area contributed by atoms with Crippen molar-refractivity contribution in [1.29, 1.82) is 0 Å². The van der Waals surface area contributed by atoms with Crippen molar-refractivity contribution in [2.75, 3.05) is 19.6 Å². The Hall–Kier alpha value is -1.86. The SMILES string of the molecule is CCNC(=NCC(C)(O)c1ccc(C)o1)NCCCc1nc2c(s1)CCCC2. The van der Waals surface area contributed by atoms with E-state index in [1.54, 1.807) is 13.0 Å². The van der Waals surface area contributed by atoms with Gasteiger partial charge in [0.2, 0.25) is 0 Å². The van der Waals surface area contributed by atoms with Gasteiger partial charge < -0.3 is 20.2 Å². The van der Waals surface area contributed by atoms with Crippen LogP contribution in [0, 0.1) is 6.92 Å². The van der Waals surface area contributed by atoms with E-state index in [4.69, 9.17) is 9.40 Å². The molecule has 6 nitrogen and oxygen atoms in total. The van der Waals surface area contributed by atoms with E-state index in [9.17, 15) is 5.11 Å². The number of aliphatic hydroxyl groups is 1. The minimum atomic E-state index is -1.13.